The number of hydrogen-bond donors (Lipinski definition) is 1. The number of amides is 1. The molecule has 0 aliphatic carbocycles. The van der Waals surface area contributed by atoms with Crippen LogP contribution in [0.15, 0.2) is 42.9 Å². The summed E-state index contributed by atoms with van der Waals surface area (Å²) in [7, 11) is 1.77. The monoisotopic (exact) mass is 437 g/mol. The molecule has 0 saturated carbocycles. The van der Waals surface area contributed by atoms with Crippen LogP contribution in [-0.2, 0) is 17.9 Å². The zero-order valence-corrected chi connectivity index (χ0v) is 18.8. The second-order valence-electron chi connectivity index (χ2n) is 8.25. The standard InChI is InChI=1S/C23H28FN7O/c1-5-19-22(32)29(4)20-12-26-23(28-21(20)31(19)15(2)3)25-10-17-11-27-30(14-17)13-16-6-8-18(24)9-7-16/h6-9,11-12,14-15,19H,5,10,13H2,1-4H3,(H,25,26,28)/t19-/m0/s1. The van der Waals surface area contributed by atoms with Crippen LogP contribution in [0.25, 0.3) is 0 Å². The number of anilines is 3. The summed E-state index contributed by atoms with van der Waals surface area (Å²) in [5.41, 5.74) is 2.67. The molecule has 32 heavy (non-hydrogen) atoms. The van der Waals surface area contributed by atoms with E-state index in [0.29, 0.717) is 31.1 Å². The van der Waals surface area contributed by atoms with E-state index >= 15 is 0 Å². The lowest BCUT2D eigenvalue weighted by Crippen LogP contribution is -2.54. The van der Waals surface area contributed by atoms with Crippen LogP contribution in [0.5, 0.6) is 0 Å². The number of carbonyl (C=O) groups is 1. The maximum atomic E-state index is 13.1. The summed E-state index contributed by atoms with van der Waals surface area (Å²) in [6.07, 6.45) is 6.13. The fourth-order valence-corrected chi connectivity index (χ4v) is 4.01. The molecule has 1 amide bonds. The molecule has 1 aromatic carbocycles. The first kappa shape index (κ1) is 21.7. The molecule has 1 aliphatic rings. The molecule has 8 nitrogen and oxygen atoms in total. The van der Waals surface area contributed by atoms with Gasteiger partial charge in [-0.2, -0.15) is 10.1 Å². The Hall–Kier alpha value is -3.49. The van der Waals surface area contributed by atoms with Gasteiger partial charge in [0.25, 0.3) is 0 Å². The van der Waals surface area contributed by atoms with E-state index in [1.165, 1.54) is 12.1 Å². The Labute approximate surface area is 187 Å². The molecule has 4 rings (SSSR count). The van der Waals surface area contributed by atoms with Crippen molar-refractivity contribution in [3.05, 3.63) is 59.8 Å². The van der Waals surface area contributed by atoms with Crippen LogP contribution in [0.4, 0.5) is 21.8 Å². The molecule has 1 aliphatic heterocycles. The minimum atomic E-state index is -0.249. The van der Waals surface area contributed by atoms with Crippen LogP contribution >= 0.6 is 0 Å². The van der Waals surface area contributed by atoms with E-state index in [1.807, 2.05) is 17.8 Å². The summed E-state index contributed by atoms with van der Waals surface area (Å²) in [6.45, 7) is 7.22. The molecule has 1 atom stereocenters. The van der Waals surface area contributed by atoms with Crippen LogP contribution in [0, 0.1) is 5.82 Å². The molecule has 3 aromatic rings. The SMILES string of the molecule is CC[C@H]1C(=O)N(C)c2cnc(NCc3cnn(Cc4ccc(F)cc4)c3)nc2N1C(C)C. The summed E-state index contributed by atoms with van der Waals surface area (Å²) in [4.78, 5) is 25.6. The average Bonchev–Trinajstić information content (AvgIpc) is 3.23. The Morgan fingerprint density at radius 2 is 1.91 bits per heavy atom. The van der Waals surface area contributed by atoms with Gasteiger partial charge in [-0.25, -0.2) is 9.37 Å². The lowest BCUT2D eigenvalue weighted by atomic mass is 10.1. The van der Waals surface area contributed by atoms with Gasteiger partial charge in [0.05, 0.1) is 18.9 Å². The van der Waals surface area contributed by atoms with Crippen LogP contribution in [0.1, 0.15) is 38.3 Å². The van der Waals surface area contributed by atoms with Crippen molar-refractivity contribution < 1.29 is 9.18 Å². The van der Waals surface area contributed by atoms with Crippen LogP contribution < -0.4 is 15.1 Å². The third-order valence-electron chi connectivity index (χ3n) is 5.65. The van der Waals surface area contributed by atoms with E-state index in [1.54, 1.807) is 36.5 Å². The third kappa shape index (κ3) is 4.28. The molecule has 168 valence electrons. The van der Waals surface area contributed by atoms with E-state index in [2.05, 4.69) is 34.1 Å². The number of hydrogen-bond acceptors (Lipinski definition) is 6. The van der Waals surface area contributed by atoms with Crippen molar-refractivity contribution in [1.29, 1.82) is 0 Å². The molecule has 2 aromatic heterocycles. The predicted molar refractivity (Wildman–Crippen MR) is 122 cm³/mol. The number of halogens is 1. The minimum Gasteiger partial charge on any atom is -0.350 e. The molecule has 1 N–H and O–H groups in total. The smallest absolute Gasteiger partial charge is 0.249 e. The molecule has 0 bridgehead atoms. The Morgan fingerprint density at radius 3 is 2.59 bits per heavy atom. The lowest BCUT2D eigenvalue weighted by molar-refractivity contribution is -0.120. The van der Waals surface area contributed by atoms with Gasteiger partial charge in [0.15, 0.2) is 5.82 Å². The van der Waals surface area contributed by atoms with Gasteiger partial charge in [0, 0.05) is 31.4 Å². The zero-order valence-electron chi connectivity index (χ0n) is 18.8. The minimum absolute atomic E-state index is 0.0616. The summed E-state index contributed by atoms with van der Waals surface area (Å²) in [6, 6.07) is 6.29. The molecule has 0 saturated heterocycles. The van der Waals surface area contributed by atoms with E-state index in [4.69, 9.17) is 4.98 Å². The number of carbonyl (C=O) groups excluding carboxylic acids is 1. The number of rotatable bonds is 7. The van der Waals surface area contributed by atoms with Gasteiger partial charge in [-0.3, -0.25) is 9.48 Å². The molecular weight excluding hydrogens is 409 g/mol. The number of likely N-dealkylation sites (N-methyl/N-ethyl adjacent to an activating group) is 1. The third-order valence-corrected chi connectivity index (χ3v) is 5.65. The summed E-state index contributed by atoms with van der Waals surface area (Å²) in [5.74, 6) is 1.07. The molecule has 0 spiro atoms. The van der Waals surface area contributed by atoms with Gasteiger partial charge in [0.2, 0.25) is 11.9 Å². The van der Waals surface area contributed by atoms with E-state index in [0.717, 1.165) is 16.9 Å². The normalized spacial score (nSPS) is 15.9. The molecule has 0 fully saturated rings. The van der Waals surface area contributed by atoms with E-state index < -0.39 is 0 Å². The van der Waals surface area contributed by atoms with Crippen LogP contribution in [-0.4, -0.2) is 44.8 Å². The summed E-state index contributed by atoms with van der Waals surface area (Å²) < 4.78 is 14.9. The van der Waals surface area contributed by atoms with E-state index in [9.17, 15) is 9.18 Å². The van der Waals surface area contributed by atoms with Gasteiger partial charge in [-0.15, -0.1) is 0 Å². The molecule has 9 heteroatoms. The van der Waals surface area contributed by atoms with Crippen molar-refractivity contribution in [2.75, 3.05) is 22.2 Å². The maximum absolute atomic E-state index is 13.1. The van der Waals surface area contributed by atoms with Gasteiger partial charge in [-0.05, 0) is 38.0 Å². The van der Waals surface area contributed by atoms with Gasteiger partial charge in [-0.1, -0.05) is 19.1 Å². The molecule has 0 unspecified atom stereocenters. The maximum Gasteiger partial charge on any atom is 0.249 e. The highest BCUT2D eigenvalue weighted by atomic mass is 19.1. The van der Waals surface area contributed by atoms with Gasteiger partial charge >= 0.3 is 0 Å². The predicted octanol–water partition coefficient (Wildman–Crippen LogP) is 3.44. The second-order valence-corrected chi connectivity index (χ2v) is 8.25. The summed E-state index contributed by atoms with van der Waals surface area (Å²) >= 11 is 0. The quantitative estimate of drug-likeness (QED) is 0.610. The Balaban J connectivity index is 1.48. The molecule has 0 radical (unpaired) electrons. The highest BCUT2D eigenvalue weighted by Crippen LogP contribution is 2.36. The van der Waals surface area contributed by atoms with Gasteiger partial charge in [0.1, 0.15) is 17.5 Å². The Bertz CT molecular complexity index is 1100. The van der Waals surface area contributed by atoms with Crippen molar-refractivity contribution in [3.63, 3.8) is 0 Å². The molecule has 3 heterocycles. The molecular formula is C23H28FN7O. The highest BCUT2D eigenvalue weighted by molar-refractivity contribution is 6.04. The van der Waals surface area contributed by atoms with Crippen molar-refractivity contribution in [2.45, 2.75) is 52.4 Å². The van der Waals surface area contributed by atoms with Crippen molar-refractivity contribution in [2.24, 2.45) is 0 Å². The fraction of sp³-hybridized carbons (Fsp3) is 0.391. The largest absolute Gasteiger partial charge is 0.350 e. The lowest BCUT2D eigenvalue weighted by Gasteiger charge is -2.42. The zero-order chi connectivity index (χ0) is 22.8. The Morgan fingerprint density at radius 1 is 1.16 bits per heavy atom. The first-order chi connectivity index (χ1) is 15.4. The number of benzene rings is 1. The van der Waals surface area contributed by atoms with Gasteiger partial charge < -0.3 is 15.1 Å². The van der Waals surface area contributed by atoms with Crippen molar-refractivity contribution in [3.8, 4) is 0 Å². The first-order valence-electron chi connectivity index (χ1n) is 10.8. The first-order valence-corrected chi connectivity index (χ1v) is 10.8. The van der Waals surface area contributed by atoms with E-state index in [-0.39, 0.29) is 23.8 Å². The van der Waals surface area contributed by atoms with Crippen LogP contribution in [0.3, 0.4) is 0 Å². The summed E-state index contributed by atoms with van der Waals surface area (Å²) in [5, 5.41) is 7.64. The van der Waals surface area contributed by atoms with Crippen molar-refractivity contribution >= 4 is 23.4 Å². The number of nitrogens with zero attached hydrogens (tertiary/aromatic N) is 6. The number of fused-ring (bicyclic) bond motifs is 1. The number of nitrogens with one attached hydrogen (secondary N) is 1. The van der Waals surface area contributed by atoms with Crippen molar-refractivity contribution in [1.82, 2.24) is 19.7 Å². The van der Waals surface area contributed by atoms with Crippen LogP contribution in [0.2, 0.25) is 0 Å². The topological polar surface area (TPSA) is 79.2 Å². The second kappa shape index (κ2) is 8.94. The number of aromatic nitrogens is 4. The Kier molecular flexibility index (Phi) is 6.07. The fourth-order valence-electron chi connectivity index (χ4n) is 4.01. The average molecular weight is 438 g/mol. The highest BCUT2D eigenvalue weighted by Gasteiger charge is 2.38.